The molecule has 5 nitrogen and oxygen atoms in total. The van der Waals surface area contributed by atoms with E-state index in [-0.39, 0.29) is 5.91 Å². The minimum absolute atomic E-state index is 0.326. The van der Waals surface area contributed by atoms with Crippen LogP contribution in [0.15, 0.2) is 36.5 Å². The molecule has 0 unspecified atom stereocenters. The Morgan fingerprint density at radius 3 is 2.76 bits per heavy atom. The molecule has 0 bridgehead atoms. The van der Waals surface area contributed by atoms with E-state index in [1.165, 1.54) is 6.07 Å². The second kappa shape index (κ2) is 9.43. The minimum Gasteiger partial charge on any atom is -0.383 e. The summed E-state index contributed by atoms with van der Waals surface area (Å²) in [6, 6.07) is 6.77. The first-order valence-electron chi connectivity index (χ1n) is 9.87. The van der Waals surface area contributed by atoms with E-state index in [4.69, 9.17) is 4.74 Å². The second-order valence-corrected chi connectivity index (χ2v) is 7.51. The summed E-state index contributed by atoms with van der Waals surface area (Å²) in [6.07, 6.45) is 2.05. The number of hydrogen-bond acceptors (Lipinski definition) is 3. The molecule has 1 heterocycles. The number of nitrogens with one attached hydrogen (secondary N) is 1. The lowest BCUT2D eigenvalue weighted by molar-refractivity contribution is -0.137. The van der Waals surface area contributed by atoms with Crippen LogP contribution >= 0.6 is 0 Å². The zero-order valence-electron chi connectivity index (χ0n) is 16.4. The van der Waals surface area contributed by atoms with Gasteiger partial charge in [0.2, 0.25) is 5.91 Å². The maximum absolute atomic E-state index is 13.2. The Morgan fingerprint density at radius 1 is 1.31 bits per heavy atom. The van der Waals surface area contributed by atoms with Crippen molar-refractivity contribution in [1.82, 2.24) is 9.78 Å². The molecular formula is C21H26F3N3O2. The Labute approximate surface area is 168 Å². The van der Waals surface area contributed by atoms with E-state index < -0.39 is 17.7 Å². The third-order valence-electron chi connectivity index (χ3n) is 5.39. The van der Waals surface area contributed by atoms with Gasteiger partial charge in [0.25, 0.3) is 0 Å². The lowest BCUT2D eigenvalue weighted by atomic mass is 9.86. The lowest BCUT2D eigenvalue weighted by Gasteiger charge is -2.21. The molecule has 158 valence electrons. The van der Waals surface area contributed by atoms with Gasteiger partial charge in [0.15, 0.2) is 5.82 Å². The summed E-state index contributed by atoms with van der Waals surface area (Å²) in [5, 5.41) is 7.05. The first-order valence-corrected chi connectivity index (χ1v) is 9.87. The number of benzene rings is 1. The van der Waals surface area contributed by atoms with Crippen LogP contribution in [0.25, 0.3) is 0 Å². The number of nitrogens with zero attached hydrogens (tertiary/aromatic N) is 2. The number of methoxy groups -OCH3 is 1. The maximum atomic E-state index is 13.2. The fourth-order valence-corrected chi connectivity index (χ4v) is 3.86. The molecule has 3 rings (SSSR count). The van der Waals surface area contributed by atoms with Crippen LogP contribution in [0.4, 0.5) is 19.0 Å². The zero-order chi connectivity index (χ0) is 20.9. The number of carbonyl (C=O) groups is 1. The van der Waals surface area contributed by atoms with Gasteiger partial charge in [-0.05, 0) is 24.0 Å². The van der Waals surface area contributed by atoms with Gasteiger partial charge < -0.3 is 10.1 Å². The predicted octanol–water partition coefficient (Wildman–Crippen LogP) is 4.85. The molecule has 2 aromatic rings. The van der Waals surface area contributed by atoms with Gasteiger partial charge >= 0.3 is 6.18 Å². The van der Waals surface area contributed by atoms with Crippen molar-refractivity contribution in [3.05, 3.63) is 47.7 Å². The summed E-state index contributed by atoms with van der Waals surface area (Å²) in [7, 11) is 1.59. The normalized spacial score (nSPS) is 16.1. The summed E-state index contributed by atoms with van der Waals surface area (Å²) in [6.45, 7) is 1.04. The van der Waals surface area contributed by atoms with E-state index in [1.54, 1.807) is 30.1 Å². The molecule has 1 N–H and O–H groups in total. The second-order valence-electron chi connectivity index (χ2n) is 7.51. The predicted molar refractivity (Wildman–Crippen MR) is 103 cm³/mol. The van der Waals surface area contributed by atoms with Crippen molar-refractivity contribution < 1.29 is 22.7 Å². The molecule has 8 heteroatoms. The summed E-state index contributed by atoms with van der Waals surface area (Å²) in [5.74, 6) is -0.244. The number of halogens is 3. The summed E-state index contributed by atoms with van der Waals surface area (Å²) < 4.78 is 46.1. The van der Waals surface area contributed by atoms with Crippen LogP contribution in [0.2, 0.25) is 0 Å². The largest absolute Gasteiger partial charge is 0.416 e. The molecule has 1 aliphatic rings. The van der Waals surface area contributed by atoms with E-state index in [0.717, 1.165) is 37.8 Å². The number of alkyl halides is 3. The fraction of sp³-hybridized carbons (Fsp3) is 0.524. The van der Waals surface area contributed by atoms with E-state index in [9.17, 15) is 18.0 Å². The van der Waals surface area contributed by atoms with Crippen molar-refractivity contribution in [3.63, 3.8) is 0 Å². The Kier molecular flexibility index (Phi) is 6.95. The minimum atomic E-state index is -4.44. The Bertz CT molecular complexity index is 813. The quantitative estimate of drug-likeness (QED) is 0.678. The Hall–Kier alpha value is -2.35. The van der Waals surface area contributed by atoms with Crippen molar-refractivity contribution in [2.75, 3.05) is 19.0 Å². The zero-order valence-corrected chi connectivity index (χ0v) is 16.4. The first-order chi connectivity index (χ1) is 13.9. The highest BCUT2D eigenvalue weighted by atomic mass is 19.4. The van der Waals surface area contributed by atoms with E-state index in [1.807, 2.05) is 0 Å². The Morgan fingerprint density at radius 2 is 2.07 bits per heavy atom. The van der Waals surface area contributed by atoms with Crippen molar-refractivity contribution in [1.29, 1.82) is 0 Å². The lowest BCUT2D eigenvalue weighted by Crippen LogP contribution is -2.24. The monoisotopic (exact) mass is 409 g/mol. The van der Waals surface area contributed by atoms with Crippen molar-refractivity contribution in [2.45, 2.75) is 50.7 Å². The molecule has 1 saturated carbocycles. The molecule has 0 spiro atoms. The van der Waals surface area contributed by atoms with Gasteiger partial charge in [-0.2, -0.15) is 18.3 Å². The van der Waals surface area contributed by atoms with Crippen LogP contribution in [-0.4, -0.2) is 29.4 Å². The summed E-state index contributed by atoms with van der Waals surface area (Å²) >= 11 is 0. The van der Waals surface area contributed by atoms with Gasteiger partial charge in [-0.3, -0.25) is 9.48 Å². The van der Waals surface area contributed by atoms with Gasteiger partial charge in [-0.15, -0.1) is 0 Å². The van der Waals surface area contributed by atoms with Crippen LogP contribution in [0.3, 0.4) is 0 Å². The standard InChI is InChI=1S/C21H26F3N3O2/c1-29-12-11-27-10-9-19(26-27)25-20(28)18(13-15-5-2-3-6-15)16-7-4-8-17(14-16)21(22,23)24/h4,7-10,14-15,18H,2-3,5-6,11-13H2,1H3,(H,25,26,28)/t18-/m1/s1. The highest BCUT2D eigenvalue weighted by Crippen LogP contribution is 2.37. The average molecular weight is 409 g/mol. The highest BCUT2D eigenvalue weighted by Gasteiger charge is 2.33. The topological polar surface area (TPSA) is 56.1 Å². The number of carbonyl (C=O) groups excluding carboxylic acids is 1. The van der Waals surface area contributed by atoms with Crippen molar-refractivity contribution >= 4 is 11.7 Å². The molecule has 1 aromatic carbocycles. The third kappa shape index (κ3) is 5.82. The third-order valence-corrected chi connectivity index (χ3v) is 5.39. The number of hydrogen-bond donors (Lipinski definition) is 1. The molecule has 1 aromatic heterocycles. The average Bonchev–Trinajstić information content (AvgIpc) is 3.35. The molecule has 0 radical (unpaired) electrons. The number of anilines is 1. The van der Waals surface area contributed by atoms with Gasteiger partial charge in [0.05, 0.1) is 24.6 Å². The number of aromatic nitrogens is 2. The smallest absolute Gasteiger partial charge is 0.383 e. The molecule has 29 heavy (non-hydrogen) atoms. The van der Waals surface area contributed by atoms with Crippen molar-refractivity contribution in [3.8, 4) is 0 Å². The molecular weight excluding hydrogens is 383 g/mol. The summed E-state index contributed by atoms with van der Waals surface area (Å²) in [5.41, 5.74) is -0.342. The van der Waals surface area contributed by atoms with Gasteiger partial charge in [-0.1, -0.05) is 43.9 Å². The fourth-order valence-electron chi connectivity index (χ4n) is 3.86. The van der Waals surface area contributed by atoms with Crippen LogP contribution in [0, 0.1) is 5.92 Å². The van der Waals surface area contributed by atoms with Gasteiger partial charge in [0.1, 0.15) is 0 Å². The van der Waals surface area contributed by atoms with Crippen molar-refractivity contribution in [2.24, 2.45) is 5.92 Å². The van der Waals surface area contributed by atoms with Crippen LogP contribution in [-0.2, 0) is 22.3 Å². The highest BCUT2D eigenvalue weighted by molar-refractivity contribution is 5.95. The molecule has 1 amide bonds. The molecule has 1 atom stereocenters. The number of rotatable bonds is 8. The molecule has 0 aliphatic heterocycles. The van der Waals surface area contributed by atoms with Gasteiger partial charge in [0, 0.05) is 19.4 Å². The van der Waals surface area contributed by atoms with Crippen LogP contribution < -0.4 is 5.32 Å². The number of ether oxygens (including phenoxy) is 1. The first kappa shape index (κ1) is 21.4. The molecule has 1 fully saturated rings. The Balaban J connectivity index is 1.79. The molecule has 0 saturated heterocycles. The number of amides is 1. The maximum Gasteiger partial charge on any atom is 0.416 e. The van der Waals surface area contributed by atoms with Crippen LogP contribution in [0.1, 0.15) is 49.1 Å². The van der Waals surface area contributed by atoms with E-state index in [0.29, 0.717) is 36.9 Å². The van der Waals surface area contributed by atoms with E-state index >= 15 is 0 Å². The van der Waals surface area contributed by atoms with Crippen LogP contribution in [0.5, 0.6) is 0 Å². The van der Waals surface area contributed by atoms with Gasteiger partial charge in [-0.25, -0.2) is 0 Å². The molecule has 1 aliphatic carbocycles. The SMILES string of the molecule is COCCn1ccc(NC(=O)[C@H](CC2CCCC2)c2cccc(C(F)(F)F)c2)n1. The summed E-state index contributed by atoms with van der Waals surface area (Å²) in [4.78, 5) is 13.0. The van der Waals surface area contributed by atoms with E-state index in [2.05, 4.69) is 10.4 Å².